The number of carbonyl (C=O) groups excluding carboxylic acids is 1. The number of halogens is 1. The monoisotopic (exact) mass is 253 g/mol. The van der Waals surface area contributed by atoms with E-state index in [-0.39, 0.29) is 11.1 Å². The van der Waals surface area contributed by atoms with Gasteiger partial charge in [0.25, 0.3) is 5.91 Å². The summed E-state index contributed by atoms with van der Waals surface area (Å²) in [5, 5.41) is 2.89. The van der Waals surface area contributed by atoms with Crippen LogP contribution in [0.5, 0.6) is 0 Å². The Morgan fingerprint density at radius 3 is 3.12 bits per heavy atom. The van der Waals surface area contributed by atoms with Gasteiger partial charge >= 0.3 is 0 Å². The molecule has 0 saturated carbocycles. The largest absolute Gasteiger partial charge is 0.452 e. The van der Waals surface area contributed by atoms with Gasteiger partial charge in [0.05, 0.1) is 18.2 Å². The Bertz CT molecular complexity index is 479. The van der Waals surface area contributed by atoms with Gasteiger partial charge < -0.3 is 14.3 Å². The second kappa shape index (κ2) is 5.54. The van der Waals surface area contributed by atoms with Gasteiger partial charge in [0.2, 0.25) is 5.22 Å². The second-order valence-corrected chi connectivity index (χ2v) is 3.86. The summed E-state index contributed by atoms with van der Waals surface area (Å²) in [7, 11) is 0. The van der Waals surface area contributed by atoms with Crippen LogP contribution in [-0.4, -0.2) is 22.0 Å². The van der Waals surface area contributed by atoms with Gasteiger partial charge in [-0.15, -0.1) is 0 Å². The fourth-order valence-corrected chi connectivity index (χ4v) is 1.63. The van der Waals surface area contributed by atoms with Crippen LogP contribution >= 0.6 is 11.6 Å². The zero-order valence-electron chi connectivity index (χ0n) is 9.10. The highest BCUT2D eigenvalue weighted by molar-refractivity contribution is 6.32. The molecular weight excluding hydrogens is 242 g/mol. The van der Waals surface area contributed by atoms with Crippen molar-refractivity contribution in [2.75, 3.05) is 6.54 Å². The van der Waals surface area contributed by atoms with Crippen LogP contribution in [0.4, 0.5) is 0 Å². The number of nitrogens with one attached hydrogen (secondary N) is 1. The maximum Gasteiger partial charge on any atom is 0.256 e. The van der Waals surface area contributed by atoms with Crippen molar-refractivity contribution in [2.45, 2.75) is 13.0 Å². The summed E-state index contributed by atoms with van der Waals surface area (Å²) in [5.74, 6) is -0.214. The maximum atomic E-state index is 11.6. The lowest BCUT2D eigenvalue weighted by molar-refractivity contribution is 0.0952. The van der Waals surface area contributed by atoms with Crippen LogP contribution in [0.15, 0.2) is 35.5 Å². The molecule has 1 N–H and O–H groups in total. The van der Waals surface area contributed by atoms with Crippen LogP contribution in [0.1, 0.15) is 16.8 Å². The first-order valence-corrected chi connectivity index (χ1v) is 5.62. The molecule has 17 heavy (non-hydrogen) atoms. The third kappa shape index (κ3) is 3.10. The molecule has 2 rings (SSSR count). The molecule has 0 aliphatic carbocycles. The summed E-state index contributed by atoms with van der Waals surface area (Å²) in [4.78, 5) is 15.5. The third-order valence-electron chi connectivity index (χ3n) is 2.30. The van der Waals surface area contributed by atoms with Crippen molar-refractivity contribution in [2.24, 2.45) is 0 Å². The molecule has 90 valence electrons. The van der Waals surface area contributed by atoms with E-state index in [2.05, 4.69) is 10.3 Å². The molecule has 0 fully saturated rings. The Balaban J connectivity index is 1.72. The van der Waals surface area contributed by atoms with Crippen molar-refractivity contribution in [3.8, 4) is 0 Å². The first-order valence-electron chi connectivity index (χ1n) is 5.24. The molecule has 0 radical (unpaired) electrons. The van der Waals surface area contributed by atoms with E-state index in [9.17, 15) is 4.79 Å². The number of rotatable bonds is 5. The van der Waals surface area contributed by atoms with Crippen molar-refractivity contribution in [3.05, 3.63) is 41.8 Å². The van der Waals surface area contributed by atoms with Crippen LogP contribution in [-0.2, 0) is 6.54 Å². The predicted molar refractivity (Wildman–Crippen MR) is 62.9 cm³/mol. The average Bonchev–Trinajstić information content (AvgIpc) is 2.95. The molecular formula is C11H12ClN3O2. The highest BCUT2D eigenvalue weighted by Gasteiger charge is 2.11. The molecule has 1 amide bonds. The molecule has 2 heterocycles. The quantitative estimate of drug-likeness (QED) is 0.829. The third-order valence-corrected chi connectivity index (χ3v) is 2.59. The number of aromatic nitrogens is 2. The summed E-state index contributed by atoms with van der Waals surface area (Å²) in [6.45, 7) is 1.40. The number of hydrogen-bond acceptors (Lipinski definition) is 3. The molecule has 0 atom stereocenters. The van der Waals surface area contributed by atoms with Gasteiger partial charge in [-0.1, -0.05) is 0 Å². The van der Waals surface area contributed by atoms with Crippen LogP contribution in [0.2, 0.25) is 5.22 Å². The van der Waals surface area contributed by atoms with Gasteiger partial charge in [0.15, 0.2) is 0 Å². The number of furan rings is 1. The first kappa shape index (κ1) is 11.7. The van der Waals surface area contributed by atoms with Crippen molar-refractivity contribution >= 4 is 17.5 Å². The van der Waals surface area contributed by atoms with E-state index in [0.717, 1.165) is 13.0 Å². The first-order chi connectivity index (χ1) is 8.27. The number of imidazole rings is 1. The Morgan fingerprint density at radius 2 is 2.47 bits per heavy atom. The van der Waals surface area contributed by atoms with E-state index in [1.54, 1.807) is 18.6 Å². The molecule has 0 aromatic carbocycles. The lowest BCUT2D eigenvalue weighted by Crippen LogP contribution is -2.25. The van der Waals surface area contributed by atoms with Gasteiger partial charge in [0.1, 0.15) is 0 Å². The lowest BCUT2D eigenvalue weighted by Gasteiger charge is -2.04. The Kier molecular flexibility index (Phi) is 3.82. The molecule has 2 aromatic rings. The molecule has 0 aliphatic rings. The molecule has 0 saturated heterocycles. The molecule has 0 unspecified atom stereocenters. The van der Waals surface area contributed by atoms with Crippen LogP contribution in [0, 0.1) is 0 Å². The van der Waals surface area contributed by atoms with Crippen molar-refractivity contribution in [1.82, 2.24) is 14.9 Å². The van der Waals surface area contributed by atoms with Gasteiger partial charge in [-0.2, -0.15) is 0 Å². The minimum atomic E-state index is -0.214. The van der Waals surface area contributed by atoms with Gasteiger partial charge in [-0.25, -0.2) is 4.98 Å². The predicted octanol–water partition coefficient (Wildman–Crippen LogP) is 1.95. The highest BCUT2D eigenvalue weighted by atomic mass is 35.5. The van der Waals surface area contributed by atoms with Gasteiger partial charge in [0, 0.05) is 25.5 Å². The zero-order valence-corrected chi connectivity index (χ0v) is 9.85. The van der Waals surface area contributed by atoms with Gasteiger partial charge in [-0.3, -0.25) is 4.79 Å². The Labute approximate surface area is 103 Å². The summed E-state index contributed by atoms with van der Waals surface area (Å²) in [6.07, 6.45) is 7.58. The summed E-state index contributed by atoms with van der Waals surface area (Å²) >= 11 is 5.69. The fraction of sp³-hybridized carbons (Fsp3) is 0.273. The van der Waals surface area contributed by atoms with Crippen molar-refractivity contribution in [1.29, 1.82) is 0 Å². The SMILES string of the molecule is O=C(NCCCn1ccnc1)c1ccoc1Cl. The molecule has 2 aromatic heterocycles. The van der Waals surface area contributed by atoms with Crippen molar-refractivity contribution < 1.29 is 9.21 Å². The minimum Gasteiger partial charge on any atom is -0.452 e. The number of amides is 1. The molecule has 0 aliphatic heterocycles. The summed E-state index contributed by atoms with van der Waals surface area (Å²) < 4.78 is 6.80. The summed E-state index contributed by atoms with van der Waals surface area (Å²) in [5.41, 5.74) is 0.370. The van der Waals surface area contributed by atoms with E-state index >= 15 is 0 Å². The lowest BCUT2D eigenvalue weighted by atomic mass is 10.3. The van der Waals surface area contributed by atoms with E-state index in [1.165, 1.54) is 6.26 Å². The summed E-state index contributed by atoms with van der Waals surface area (Å²) in [6, 6.07) is 1.55. The fourth-order valence-electron chi connectivity index (χ4n) is 1.43. The average molecular weight is 254 g/mol. The molecule has 0 bridgehead atoms. The van der Waals surface area contributed by atoms with E-state index in [1.807, 2.05) is 10.8 Å². The number of aryl methyl sites for hydroxylation is 1. The van der Waals surface area contributed by atoms with Crippen LogP contribution in [0.3, 0.4) is 0 Å². The Morgan fingerprint density at radius 1 is 1.59 bits per heavy atom. The Hall–Kier alpha value is -1.75. The van der Waals surface area contributed by atoms with E-state index in [4.69, 9.17) is 16.0 Å². The molecule has 6 heteroatoms. The van der Waals surface area contributed by atoms with Crippen molar-refractivity contribution in [3.63, 3.8) is 0 Å². The van der Waals surface area contributed by atoms with Gasteiger partial charge in [-0.05, 0) is 24.1 Å². The number of nitrogens with zero attached hydrogens (tertiary/aromatic N) is 2. The standard InChI is InChI=1S/C11H12ClN3O2/c12-10-9(2-7-17-10)11(16)14-3-1-5-15-6-4-13-8-15/h2,4,6-8H,1,3,5H2,(H,14,16). The molecule has 0 spiro atoms. The minimum absolute atomic E-state index is 0.122. The van der Waals surface area contributed by atoms with E-state index < -0.39 is 0 Å². The second-order valence-electron chi connectivity index (χ2n) is 3.52. The topological polar surface area (TPSA) is 60.1 Å². The highest BCUT2D eigenvalue weighted by Crippen LogP contribution is 2.15. The zero-order chi connectivity index (χ0) is 12.1. The number of hydrogen-bond donors (Lipinski definition) is 1. The molecule has 5 nitrogen and oxygen atoms in total. The normalized spacial score (nSPS) is 10.4. The smallest absolute Gasteiger partial charge is 0.256 e. The number of carbonyl (C=O) groups is 1. The van der Waals surface area contributed by atoms with Crippen LogP contribution in [0.25, 0.3) is 0 Å². The van der Waals surface area contributed by atoms with Crippen LogP contribution < -0.4 is 5.32 Å². The van der Waals surface area contributed by atoms with E-state index in [0.29, 0.717) is 12.1 Å². The maximum absolute atomic E-state index is 11.6.